The molecule has 2 fully saturated rings. The first-order valence-electron chi connectivity index (χ1n) is 5.82. The molecule has 0 bridgehead atoms. The quantitative estimate of drug-likeness (QED) is 0.701. The third kappa shape index (κ3) is 3.47. The van der Waals surface area contributed by atoms with E-state index >= 15 is 0 Å². The van der Waals surface area contributed by atoms with Gasteiger partial charge in [-0.25, -0.2) is 0 Å². The van der Waals surface area contributed by atoms with Gasteiger partial charge in [0.25, 0.3) is 0 Å². The second-order valence-corrected chi connectivity index (χ2v) is 4.37. The second-order valence-electron chi connectivity index (χ2n) is 4.37. The van der Waals surface area contributed by atoms with Crippen LogP contribution in [0.3, 0.4) is 0 Å². The molecule has 0 saturated carbocycles. The lowest BCUT2D eigenvalue weighted by Gasteiger charge is -2.22. The molecule has 1 N–H and O–H groups in total. The van der Waals surface area contributed by atoms with E-state index in [2.05, 4.69) is 5.32 Å². The third-order valence-electron chi connectivity index (χ3n) is 3.10. The number of ether oxygens (including phenoxy) is 2. The molecule has 0 amide bonds. The van der Waals surface area contributed by atoms with Crippen molar-refractivity contribution in [1.29, 1.82) is 0 Å². The Morgan fingerprint density at radius 1 is 1.33 bits per heavy atom. The fourth-order valence-electron chi connectivity index (χ4n) is 2.16. The fraction of sp³-hybridized carbons (Fsp3) is 0.909. The van der Waals surface area contributed by atoms with Crippen LogP contribution in [-0.4, -0.2) is 38.4 Å². The molecule has 2 aliphatic heterocycles. The van der Waals surface area contributed by atoms with Gasteiger partial charge in [0.2, 0.25) is 0 Å². The number of carbonyl (C=O) groups is 1. The molecule has 0 spiro atoms. The van der Waals surface area contributed by atoms with Crippen LogP contribution in [-0.2, 0) is 14.3 Å². The average Bonchev–Trinajstić information content (AvgIpc) is 2.71. The van der Waals surface area contributed by atoms with E-state index in [-0.39, 0.29) is 12.1 Å². The smallest absolute Gasteiger partial charge is 0.306 e. The largest absolute Gasteiger partial charge is 0.460 e. The van der Waals surface area contributed by atoms with Crippen LogP contribution in [0.2, 0.25) is 0 Å². The number of carbonyl (C=O) groups excluding carboxylic acids is 1. The van der Waals surface area contributed by atoms with E-state index in [0.717, 1.165) is 39.0 Å². The van der Waals surface area contributed by atoms with Gasteiger partial charge < -0.3 is 14.8 Å². The van der Waals surface area contributed by atoms with Gasteiger partial charge >= 0.3 is 5.97 Å². The Labute approximate surface area is 90.3 Å². The molecule has 15 heavy (non-hydrogen) atoms. The summed E-state index contributed by atoms with van der Waals surface area (Å²) in [6, 6.07) is 0. The highest BCUT2D eigenvalue weighted by atomic mass is 16.6. The van der Waals surface area contributed by atoms with Crippen molar-refractivity contribution in [3.63, 3.8) is 0 Å². The minimum Gasteiger partial charge on any atom is -0.460 e. The van der Waals surface area contributed by atoms with Crippen molar-refractivity contribution >= 4 is 5.97 Å². The Morgan fingerprint density at radius 2 is 2.13 bits per heavy atom. The highest BCUT2D eigenvalue weighted by Crippen LogP contribution is 2.18. The van der Waals surface area contributed by atoms with Gasteiger partial charge in [0.15, 0.2) is 0 Å². The Morgan fingerprint density at radius 3 is 2.80 bits per heavy atom. The molecule has 1 atom stereocenters. The Balaban J connectivity index is 1.66. The van der Waals surface area contributed by atoms with E-state index in [1.165, 1.54) is 0 Å². The standard InChI is InChI=1S/C11H19NO3/c13-11(15-10-3-6-14-8-10)7-9-1-4-12-5-2-9/h9-10,12H,1-8H2. The van der Waals surface area contributed by atoms with E-state index in [9.17, 15) is 4.79 Å². The van der Waals surface area contributed by atoms with Crippen LogP contribution in [0.15, 0.2) is 0 Å². The van der Waals surface area contributed by atoms with Gasteiger partial charge in [0, 0.05) is 12.8 Å². The van der Waals surface area contributed by atoms with Gasteiger partial charge in [-0.3, -0.25) is 4.79 Å². The zero-order valence-electron chi connectivity index (χ0n) is 9.04. The molecule has 4 heteroatoms. The summed E-state index contributed by atoms with van der Waals surface area (Å²) in [7, 11) is 0. The minimum absolute atomic E-state index is 0.0132. The first-order valence-corrected chi connectivity index (χ1v) is 5.82. The molecule has 0 aromatic rings. The van der Waals surface area contributed by atoms with Crippen molar-refractivity contribution in [3.05, 3.63) is 0 Å². The summed E-state index contributed by atoms with van der Waals surface area (Å²) in [6.07, 6.45) is 3.64. The topological polar surface area (TPSA) is 47.6 Å². The maximum atomic E-state index is 11.6. The number of hydrogen-bond donors (Lipinski definition) is 1. The molecule has 1 unspecified atom stereocenters. The minimum atomic E-state index is -0.0441. The molecule has 0 aliphatic carbocycles. The molecule has 0 aromatic heterocycles. The lowest BCUT2D eigenvalue weighted by molar-refractivity contribution is -0.150. The summed E-state index contributed by atoms with van der Waals surface area (Å²) in [5, 5.41) is 3.29. The normalized spacial score (nSPS) is 27.9. The molecule has 0 radical (unpaired) electrons. The Bertz CT molecular complexity index is 208. The predicted molar refractivity (Wildman–Crippen MR) is 55.5 cm³/mol. The van der Waals surface area contributed by atoms with Gasteiger partial charge in [-0.15, -0.1) is 0 Å². The molecule has 0 aromatic carbocycles. The first-order chi connectivity index (χ1) is 7.34. The number of nitrogens with one attached hydrogen (secondary N) is 1. The number of hydrogen-bond acceptors (Lipinski definition) is 4. The third-order valence-corrected chi connectivity index (χ3v) is 3.10. The van der Waals surface area contributed by atoms with Crippen LogP contribution in [0.5, 0.6) is 0 Å². The molecule has 86 valence electrons. The number of piperidine rings is 1. The van der Waals surface area contributed by atoms with Crippen LogP contribution >= 0.6 is 0 Å². The zero-order chi connectivity index (χ0) is 10.5. The molecular weight excluding hydrogens is 194 g/mol. The van der Waals surface area contributed by atoms with Crippen molar-refractivity contribution in [3.8, 4) is 0 Å². The summed E-state index contributed by atoms with van der Waals surface area (Å²) >= 11 is 0. The van der Waals surface area contributed by atoms with Gasteiger partial charge in [-0.05, 0) is 31.8 Å². The van der Waals surface area contributed by atoms with E-state index in [1.807, 2.05) is 0 Å². The first kappa shape index (κ1) is 10.9. The van der Waals surface area contributed by atoms with Gasteiger partial charge in [-0.1, -0.05) is 0 Å². The van der Waals surface area contributed by atoms with Crippen LogP contribution in [0.25, 0.3) is 0 Å². The summed E-state index contributed by atoms with van der Waals surface area (Å²) < 4.78 is 10.5. The molecule has 2 aliphatic rings. The Hall–Kier alpha value is -0.610. The van der Waals surface area contributed by atoms with E-state index in [1.54, 1.807) is 0 Å². The van der Waals surface area contributed by atoms with Crippen molar-refractivity contribution in [2.45, 2.75) is 31.8 Å². The molecule has 4 nitrogen and oxygen atoms in total. The highest BCUT2D eigenvalue weighted by Gasteiger charge is 2.22. The lowest BCUT2D eigenvalue weighted by Crippen LogP contribution is -2.30. The van der Waals surface area contributed by atoms with E-state index in [4.69, 9.17) is 9.47 Å². The summed E-state index contributed by atoms with van der Waals surface area (Å²) in [6.45, 7) is 3.37. The average molecular weight is 213 g/mol. The maximum Gasteiger partial charge on any atom is 0.306 e. The van der Waals surface area contributed by atoms with Crippen LogP contribution in [0.4, 0.5) is 0 Å². The van der Waals surface area contributed by atoms with Crippen molar-refractivity contribution < 1.29 is 14.3 Å². The molecule has 2 saturated heterocycles. The predicted octanol–water partition coefficient (Wildman–Crippen LogP) is 0.708. The van der Waals surface area contributed by atoms with Crippen LogP contribution in [0, 0.1) is 5.92 Å². The van der Waals surface area contributed by atoms with Crippen molar-refractivity contribution in [2.75, 3.05) is 26.3 Å². The van der Waals surface area contributed by atoms with E-state index in [0.29, 0.717) is 18.9 Å². The van der Waals surface area contributed by atoms with Gasteiger partial charge in [0.05, 0.1) is 13.2 Å². The summed E-state index contributed by atoms with van der Waals surface area (Å²) in [5.74, 6) is 0.471. The Kier molecular flexibility index (Phi) is 3.97. The SMILES string of the molecule is O=C(CC1CCNCC1)OC1CCOC1. The zero-order valence-corrected chi connectivity index (χ0v) is 9.04. The van der Waals surface area contributed by atoms with Crippen LogP contribution < -0.4 is 5.32 Å². The summed E-state index contributed by atoms with van der Waals surface area (Å²) in [4.78, 5) is 11.6. The van der Waals surface area contributed by atoms with Crippen LogP contribution in [0.1, 0.15) is 25.7 Å². The van der Waals surface area contributed by atoms with Crippen molar-refractivity contribution in [1.82, 2.24) is 5.32 Å². The van der Waals surface area contributed by atoms with Crippen molar-refractivity contribution in [2.24, 2.45) is 5.92 Å². The molecule has 2 rings (SSSR count). The van der Waals surface area contributed by atoms with Gasteiger partial charge in [0.1, 0.15) is 6.10 Å². The lowest BCUT2D eigenvalue weighted by atomic mass is 9.95. The fourth-order valence-corrected chi connectivity index (χ4v) is 2.16. The number of esters is 1. The number of rotatable bonds is 3. The molecular formula is C11H19NO3. The monoisotopic (exact) mass is 213 g/mol. The van der Waals surface area contributed by atoms with E-state index < -0.39 is 0 Å². The summed E-state index contributed by atoms with van der Waals surface area (Å²) in [5.41, 5.74) is 0. The second kappa shape index (κ2) is 5.47. The molecule has 2 heterocycles. The maximum absolute atomic E-state index is 11.6. The highest BCUT2D eigenvalue weighted by molar-refractivity contribution is 5.69. The van der Waals surface area contributed by atoms with Gasteiger partial charge in [-0.2, -0.15) is 0 Å².